The van der Waals surface area contributed by atoms with E-state index in [1.807, 2.05) is 12.1 Å². The number of halogens is 1. The van der Waals surface area contributed by atoms with Gasteiger partial charge >= 0.3 is 0 Å². The molecule has 1 fully saturated rings. The highest BCUT2D eigenvalue weighted by Gasteiger charge is 2.43. The molecule has 0 aromatic heterocycles. The third kappa shape index (κ3) is 2.95. The van der Waals surface area contributed by atoms with Gasteiger partial charge in [-0.15, -0.1) is 0 Å². The van der Waals surface area contributed by atoms with Crippen LogP contribution in [-0.2, 0) is 5.54 Å². The van der Waals surface area contributed by atoms with Crippen LogP contribution in [-0.4, -0.2) is 31.1 Å². The minimum absolute atomic E-state index is 0.400. The monoisotopic (exact) mass is 362 g/mol. The lowest BCUT2D eigenvalue weighted by molar-refractivity contribution is 0.137. The van der Waals surface area contributed by atoms with Crippen LogP contribution in [0.4, 0.5) is 0 Å². The maximum atomic E-state index is 6.79. The van der Waals surface area contributed by atoms with Gasteiger partial charge in [0.05, 0.1) is 5.54 Å². The lowest BCUT2D eigenvalue weighted by Crippen LogP contribution is -2.55. The largest absolute Gasteiger partial charge is 0.314 e. The molecule has 0 spiro atoms. The van der Waals surface area contributed by atoms with E-state index >= 15 is 0 Å². The fourth-order valence-corrected chi connectivity index (χ4v) is 4.40. The summed E-state index contributed by atoms with van der Waals surface area (Å²) < 4.78 is 0. The molecule has 1 heterocycles. The summed E-state index contributed by atoms with van der Waals surface area (Å²) in [6, 6.07) is 29.8. The van der Waals surface area contributed by atoms with Crippen molar-refractivity contribution in [3.8, 4) is 0 Å². The van der Waals surface area contributed by atoms with Gasteiger partial charge in [-0.05, 0) is 22.8 Å². The molecular formula is C23H23ClN2. The topological polar surface area (TPSA) is 15.3 Å². The molecular weight excluding hydrogens is 340 g/mol. The van der Waals surface area contributed by atoms with Crippen molar-refractivity contribution in [3.05, 3.63) is 107 Å². The van der Waals surface area contributed by atoms with Gasteiger partial charge < -0.3 is 5.32 Å². The lowest BCUT2D eigenvalue weighted by atomic mass is 9.75. The molecule has 0 atom stereocenters. The quantitative estimate of drug-likeness (QED) is 0.685. The zero-order chi connectivity index (χ0) is 17.8. The second kappa shape index (κ2) is 7.63. The summed E-state index contributed by atoms with van der Waals surface area (Å²) >= 11 is 6.79. The normalized spacial score (nSPS) is 15.7. The number of benzene rings is 3. The molecule has 1 saturated heterocycles. The maximum Gasteiger partial charge on any atom is 0.0988 e. The second-order valence-corrected chi connectivity index (χ2v) is 7.07. The number of nitrogens with one attached hydrogen (secondary N) is 1. The van der Waals surface area contributed by atoms with E-state index in [0.29, 0.717) is 0 Å². The van der Waals surface area contributed by atoms with Crippen LogP contribution in [0.5, 0.6) is 0 Å². The van der Waals surface area contributed by atoms with Crippen molar-refractivity contribution in [2.45, 2.75) is 5.54 Å². The Hall–Kier alpha value is -2.13. The van der Waals surface area contributed by atoms with Crippen molar-refractivity contribution in [3.63, 3.8) is 0 Å². The Bertz CT molecular complexity index is 803. The molecule has 26 heavy (non-hydrogen) atoms. The Labute approximate surface area is 160 Å². The molecule has 4 rings (SSSR count). The molecule has 0 radical (unpaired) electrons. The van der Waals surface area contributed by atoms with E-state index in [2.05, 4.69) is 83.0 Å². The van der Waals surface area contributed by atoms with E-state index in [-0.39, 0.29) is 0 Å². The number of nitrogens with zero attached hydrogens (tertiary/aromatic N) is 1. The summed E-state index contributed by atoms with van der Waals surface area (Å²) in [5, 5.41) is 4.29. The van der Waals surface area contributed by atoms with Gasteiger partial charge in [-0.2, -0.15) is 0 Å². The van der Waals surface area contributed by atoms with E-state index in [9.17, 15) is 0 Å². The predicted octanol–water partition coefficient (Wildman–Crippen LogP) is 4.54. The number of piperazine rings is 1. The first kappa shape index (κ1) is 17.3. The lowest BCUT2D eigenvalue weighted by Gasteiger charge is -2.47. The predicted molar refractivity (Wildman–Crippen MR) is 109 cm³/mol. The fourth-order valence-electron chi connectivity index (χ4n) is 4.13. The van der Waals surface area contributed by atoms with Gasteiger partial charge in [-0.25, -0.2) is 0 Å². The van der Waals surface area contributed by atoms with E-state index < -0.39 is 5.54 Å². The van der Waals surface area contributed by atoms with E-state index in [4.69, 9.17) is 11.6 Å². The van der Waals surface area contributed by atoms with Crippen LogP contribution in [0.1, 0.15) is 16.7 Å². The van der Waals surface area contributed by atoms with Gasteiger partial charge in [0.25, 0.3) is 0 Å². The van der Waals surface area contributed by atoms with Gasteiger partial charge in [0, 0.05) is 31.2 Å². The third-order valence-corrected chi connectivity index (χ3v) is 5.57. The zero-order valence-corrected chi connectivity index (χ0v) is 15.5. The van der Waals surface area contributed by atoms with Crippen LogP contribution in [0, 0.1) is 0 Å². The Morgan fingerprint density at radius 1 is 0.692 bits per heavy atom. The summed E-state index contributed by atoms with van der Waals surface area (Å²) in [4.78, 5) is 2.56. The van der Waals surface area contributed by atoms with Crippen LogP contribution in [0.2, 0.25) is 5.02 Å². The highest BCUT2D eigenvalue weighted by Crippen LogP contribution is 2.44. The molecule has 0 saturated carbocycles. The van der Waals surface area contributed by atoms with Gasteiger partial charge in [-0.1, -0.05) is 90.5 Å². The van der Waals surface area contributed by atoms with Crippen molar-refractivity contribution >= 4 is 11.6 Å². The molecule has 1 aliphatic heterocycles. The molecule has 0 unspecified atom stereocenters. The summed E-state index contributed by atoms with van der Waals surface area (Å²) in [5.41, 5.74) is 3.24. The minimum Gasteiger partial charge on any atom is -0.314 e. The molecule has 2 nitrogen and oxygen atoms in total. The molecule has 3 heteroatoms. The molecule has 132 valence electrons. The first-order valence-corrected chi connectivity index (χ1v) is 9.53. The van der Waals surface area contributed by atoms with Crippen LogP contribution in [0.15, 0.2) is 84.9 Å². The minimum atomic E-state index is -0.400. The average Bonchev–Trinajstić information content (AvgIpc) is 2.72. The Morgan fingerprint density at radius 2 is 1.19 bits per heavy atom. The van der Waals surface area contributed by atoms with Gasteiger partial charge in [0.15, 0.2) is 0 Å². The Balaban J connectivity index is 2.05. The smallest absolute Gasteiger partial charge is 0.0988 e. The van der Waals surface area contributed by atoms with Crippen molar-refractivity contribution in [2.24, 2.45) is 0 Å². The molecule has 0 amide bonds. The van der Waals surface area contributed by atoms with Crippen molar-refractivity contribution in [1.29, 1.82) is 0 Å². The van der Waals surface area contributed by atoms with Crippen molar-refractivity contribution in [2.75, 3.05) is 26.2 Å². The standard InChI is InChI=1S/C23H23ClN2/c24-22-14-8-7-13-21(22)23(19-9-3-1-4-10-19,20-11-5-2-6-12-20)26-17-15-25-16-18-26/h1-14,25H,15-18H2. The van der Waals surface area contributed by atoms with E-state index in [1.165, 1.54) is 11.1 Å². The molecule has 3 aromatic rings. The molecule has 0 bridgehead atoms. The summed E-state index contributed by atoms with van der Waals surface area (Å²) in [5.74, 6) is 0. The Morgan fingerprint density at radius 3 is 1.73 bits per heavy atom. The zero-order valence-electron chi connectivity index (χ0n) is 14.7. The van der Waals surface area contributed by atoms with Crippen LogP contribution < -0.4 is 5.32 Å². The SMILES string of the molecule is Clc1ccccc1C(c1ccccc1)(c1ccccc1)N1CCNCC1. The first-order chi connectivity index (χ1) is 12.8. The average molecular weight is 363 g/mol. The van der Waals surface area contributed by atoms with Gasteiger partial charge in [0.2, 0.25) is 0 Å². The fraction of sp³-hybridized carbons (Fsp3) is 0.217. The molecule has 1 aliphatic rings. The highest BCUT2D eigenvalue weighted by atomic mass is 35.5. The van der Waals surface area contributed by atoms with Gasteiger partial charge in [-0.3, -0.25) is 4.90 Å². The Kier molecular flexibility index (Phi) is 5.07. The van der Waals surface area contributed by atoms with Crippen LogP contribution in [0.25, 0.3) is 0 Å². The third-order valence-electron chi connectivity index (χ3n) is 5.24. The molecule has 1 N–H and O–H groups in total. The maximum absolute atomic E-state index is 6.79. The summed E-state index contributed by atoms with van der Waals surface area (Å²) in [6.07, 6.45) is 0. The second-order valence-electron chi connectivity index (χ2n) is 6.66. The van der Waals surface area contributed by atoms with Crippen LogP contribution in [0.3, 0.4) is 0 Å². The van der Waals surface area contributed by atoms with Crippen molar-refractivity contribution in [1.82, 2.24) is 10.2 Å². The van der Waals surface area contributed by atoms with Crippen molar-refractivity contribution < 1.29 is 0 Å². The van der Waals surface area contributed by atoms with Crippen LogP contribution >= 0.6 is 11.6 Å². The summed E-state index contributed by atoms with van der Waals surface area (Å²) in [6.45, 7) is 3.89. The number of hydrogen-bond donors (Lipinski definition) is 1. The van der Waals surface area contributed by atoms with E-state index in [0.717, 1.165) is 36.8 Å². The van der Waals surface area contributed by atoms with Gasteiger partial charge in [0.1, 0.15) is 0 Å². The number of hydrogen-bond acceptors (Lipinski definition) is 2. The van der Waals surface area contributed by atoms with E-state index in [1.54, 1.807) is 0 Å². The first-order valence-electron chi connectivity index (χ1n) is 9.15. The highest BCUT2D eigenvalue weighted by molar-refractivity contribution is 6.31. The molecule has 3 aromatic carbocycles. The molecule has 0 aliphatic carbocycles. The number of rotatable bonds is 4. The summed E-state index contributed by atoms with van der Waals surface area (Å²) in [7, 11) is 0.